The Kier molecular flexibility index (Phi) is 19.3. The summed E-state index contributed by atoms with van der Waals surface area (Å²) in [5.74, 6) is 0.821. The summed E-state index contributed by atoms with van der Waals surface area (Å²) in [7, 11) is 1.62. The van der Waals surface area contributed by atoms with Crippen molar-refractivity contribution >= 4 is 11.7 Å². The number of nitrogens with two attached hydrogens (primary N) is 1. The number of ether oxygens (including phenoxy) is 3. The van der Waals surface area contributed by atoms with Crippen LogP contribution in [0.3, 0.4) is 0 Å². The minimum Gasteiger partial charge on any atom is -0.382 e. The fraction of sp³-hybridized carbons (Fsp3) is 0.889. The van der Waals surface area contributed by atoms with Crippen LogP contribution in [-0.4, -0.2) is 51.8 Å². The fourth-order valence-corrected chi connectivity index (χ4v) is 1.80. The lowest BCUT2D eigenvalue weighted by molar-refractivity contribution is -0.128. The van der Waals surface area contributed by atoms with E-state index >= 15 is 0 Å². The van der Waals surface area contributed by atoms with Crippen molar-refractivity contribution in [3.05, 3.63) is 0 Å². The Labute approximate surface area is 148 Å². The Balaban J connectivity index is -0.000000353. The van der Waals surface area contributed by atoms with Gasteiger partial charge in [0.05, 0.1) is 33.0 Å². The Bertz CT molecular complexity index is 310. The fourth-order valence-electron chi connectivity index (χ4n) is 1.80. The number of carbonyl (C=O) groups excluding carboxylic acids is 2. The van der Waals surface area contributed by atoms with Gasteiger partial charge >= 0.3 is 0 Å². The molecule has 1 aliphatic carbocycles. The first-order valence-corrected chi connectivity index (χ1v) is 8.95. The van der Waals surface area contributed by atoms with Crippen LogP contribution in [0.15, 0.2) is 0 Å². The molecule has 6 heteroatoms. The Morgan fingerprint density at radius 3 is 1.88 bits per heavy atom. The van der Waals surface area contributed by atoms with Crippen molar-refractivity contribution in [3.8, 4) is 0 Å². The molecule has 146 valence electrons. The van der Waals surface area contributed by atoms with Crippen molar-refractivity contribution in [3.63, 3.8) is 0 Å². The van der Waals surface area contributed by atoms with E-state index in [0.29, 0.717) is 44.7 Å². The highest BCUT2D eigenvalue weighted by molar-refractivity contribution is 5.83. The summed E-state index contributed by atoms with van der Waals surface area (Å²) in [6.07, 6.45) is 3.83. The molecule has 1 amide bonds. The van der Waals surface area contributed by atoms with Crippen molar-refractivity contribution in [2.45, 2.75) is 53.4 Å². The monoisotopic (exact) mass is 349 g/mol. The van der Waals surface area contributed by atoms with E-state index in [4.69, 9.17) is 19.9 Å². The number of rotatable bonds is 11. The van der Waals surface area contributed by atoms with Gasteiger partial charge in [0.25, 0.3) is 0 Å². The third kappa shape index (κ3) is 15.9. The van der Waals surface area contributed by atoms with Crippen LogP contribution in [0, 0.1) is 11.8 Å². The quantitative estimate of drug-likeness (QED) is 0.580. The van der Waals surface area contributed by atoms with E-state index < -0.39 is 0 Å². The summed E-state index contributed by atoms with van der Waals surface area (Å²) in [5, 5.41) is 0. The molecular weight excluding hydrogens is 310 g/mol. The van der Waals surface area contributed by atoms with E-state index in [0.717, 1.165) is 12.8 Å². The topological polar surface area (TPSA) is 87.8 Å². The van der Waals surface area contributed by atoms with Crippen LogP contribution >= 0.6 is 0 Å². The molecule has 24 heavy (non-hydrogen) atoms. The Morgan fingerprint density at radius 1 is 1.04 bits per heavy atom. The van der Waals surface area contributed by atoms with Crippen molar-refractivity contribution in [2.24, 2.45) is 17.6 Å². The van der Waals surface area contributed by atoms with Crippen molar-refractivity contribution in [1.82, 2.24) is 0 Å². The summed E-state index contributed by atoms with van der Waals surface area (Å²) in [6.45, 7) is 10.5. The predicted molar refractivity (Wildman–Crippen MR) is 98.0 cm³/mol. The minimum absolute atomic E-state index is 0. The average molecular weight is 350 g/mol. The third-order valence-corrected chi connectivity index (χ3v) is 3.37. The van der Waals surface area contributed by atoms with E-state index in [9.17, 15) is 9.59 Å². The van der Waals surface area contributed by atoms with E-state index in [1.165, 1.54) is 6.42 Å². The van der Waals surface area contributed by atoms with Crippen LogP contribution < -0.4 is 5.73 Å². The molecule has 1 rings (SSSR count). The van der Waals surface area contributed by atoms with Gasteiger partial charge in [-0.25, -0.2) is 0 Å². The largest absolute Gasteiger partial charge is 0.382 e. The molecule has 0 unspecified atom stereocenters. The highest BCUT2D eigenvalue weighted by Crippen LogP contribution is 2.29. The Hall–Kier alpha value is -0.980. The summed E-state index contributed by atoms with van der Waals surface area (Å²) in [4.78, 5) is 21.4. The third-order valence-electron chi connectivity index (χ3n) is 3.37. The molecule has 2 N–H and O–H groups in total. The summed E-state index contributed by atoms with van der Waals surface area (Å²) in [5.41, 5.74) is 4.91. The molecule has 0 aliphatic heterocycles. The van der Waals surface area contributed by atoms with Gasteiger partial charge in [-0.2, -0.15) is 0 Å². The molecule has 0 saturated heterocycles. The van der Waals surface area contributed by atoms with E-state index in [1.807, 2.05) is 27.7 Å². The summed E-state index contributed by atoms with van der Waals surface area (Å²) in [6, 6.07) is 0. The molecule has 1 fully saturated rings. The van der Waals surface area contributed by atoms with Gasteiger partial charge < -0.3 is 19.9 Å². The van der Waals surface area contributed by atoms with Crippen molar-refractivity contribution in [2.75, 3.05) is 40.1 Å². The number of ketones is 1. The van der Waals surface area contributed by atoms with Crippen LogP contribution in [0.25, 0.3) is 0 Å². The lowest BCUT2D eigenvalue weighted by atomic mass is 9.79. The molecule has 0 atom stereocenters. The first-order valence-electron chi connectivity index (χ1n) is 8.95. The van der Waals surface area contributed by atoms with Crippen molar-refractivity contribution in [1.29, 1.82) is 0 Å². The Morgan fingerprint density at radius 2 is 1.54 bits per heavy atom. The van der Waals surface area contributed by atoms with Gasteiger partial charge in [-0.1, -0.05) is 34.1 Å². The SMILES string of the molecule is CC.CC(C)C(=O)C1CCC1.COCCOCCOCCC(N)=O.[HH]. The van der Waals surface area contributed by atoms with E-state index in [2.05, 4.69) is 0 Å². The maximum atomic E-state index is 11.1. The molecule has 1 saturated carbocycles. The van der Waals surface area contributed by atoms with Gasteiger partial charge in [0.2, 0.25) is 5.91 Å². The number of hydrogen-bond acceptors (Lipinski definition) is 5. The number of primary amides is 1. The lowest BCUT2D eigenvalue weighted by Gasteiger charge is -2.25. The zero-order valence-corrected chi connectivity index (χ0v) is 16.1. The van der Waals surface area contributed by atoms with Crippen molar-refractivity contribution < 1.29 is 25.2 Å². The molecular formula is C18H39NO5. The van der Waals surface area contributed by atoms with E-state index in [1.54, 1.807) is 7.11 Å². The number of amides is 1. The van der Waals surface area contributed by atoms with Gasteiger partial charge in [0.15, 0.2) is 0 Å². The molecule has 6 nitrogen and oxygen atoms in total. The van der Waals surface area contributed by atoms with Gasteiger partial charge in [-0.3, -0.25) is 9.59 Å². The van der Waals surface area contributed by atoms with Crippen LogP contribution in [-0.2, 0) is 23.8 Å². The predicted octanol–water partition coefficient (Wildman–Crippen LogP) is 2.83. The molecule has 0 aromatic rings. The molecule has 0 bridgehead atoms. The molecule has 1 aliphatic rings. The highest BCUT2D eigenvalue weighted by Gasteiger charge is 2.26. The molecule has 0 spiro atoms. The number of carbonyl (C=O) groups is 2. The minimum atomic E-state index is -0.347. The average Bonchev–Trinajstić information content (AvgIpc) is 2.50. The maximum absolute atomic E-state index is 11.1. The van der Waals surface area contributed by atoms with Crippen LogP contribution in [0.2, 0.25) is 0 Å². The summed E-state index contributed by atoms with van der Waals surface area (Å²) >= 11 is 0. The number of methoxy groups -OCH3 is 1. The van der Waals surface area contributed by atoms with Crippen LogP contribution in [0.1, 0.15) is 54.8 Å². The molecule has 0 heterocycles. The maximum Gasteiger partial charge on any atom is 0.219 e. The smallest absolute Gasteiger partial charge is 0.219 e. The first kappa shape index (κ1) is 25.3. The van der Waals surface area contributed by atoms with Crippen LogP contribution in [0.5, 0.6) is 0 Å². The second-order valence-corrected chi connectivity index (χ2v) is 5.62. The second-order valence-electron chi connectivity index (χ2n) is 5.62. The van der Waals surface area contributed by atoms with Gasteiger partial charge in [0.1, 0.15) is 5.78 Å². The molecule has 0 radical (unpaired) electrons. The standard InChI is InChI=1S/C8H17NO4.C8H14O.C2H6.H2/c1-11-4-5-13-7-6-12-3-2-8(9)10;1-6(2)8(9)7-4-3-5-7;1-2;/h2-7H2,1H3,(H2,9,10);6-7H,3-5H2,1-2H3;1-2H3;1H. The number of Topliss-reactive ketones (excluding diaryl/α,β-unsaturated/α-hetero) is 1. The lowest BCUT2D eigenvalue weighted by Crippen LogP contribution is -2.25. The van der Waals surface area contributed by atoms with Crippen LogP contribution in [0.4, 0.5) is 0 Å². The van der Waals surface area contributed by atoms with Gasteiger partial charge in [0, 0.05) is 26.8 Å². The van der Waals surface area contributed by atoms with E-state index in [-0.39, 0.29) is 19.7 Å². The highest BCUT2D eigenvalue weighted by atomic mass is 16.5. The zero-order valence-electron chi connectivity index (χ0n) is 16.1. The number of hydrogen-bond donors (Lipinski definition) is 1. The normalized spacial score (nSPS) is 13.2. The second kappa shape index (κ2) is 18.4. The molecule has 0 aromatic heterocycles. The summed E-state index contributed by atoms with van der Waals surface area (Å²) < 4.78 is 14.9. The van der Waals surface area contributed by atoms with Gasteiger partial charge in [-0.05, 0) is 12.8 Å². The zero-order chi connectivity index (χ0) is 18.8. The van der Waals surface area contributed by atoms with Gasteiger partial charge in [-0.15, -0.1) is 0 Å². The first-order chi connectivity index (χ1) is 11.5. The molecule has 0 aromatic carbocycles.